The quantitative estimate of drug-likeness (QED) is 0.0658. The molecule has 2 unspecified atom stereocenters. The van der Waals surface area contributed by atoms with Gasteiger partial charge in [0.2, 0.25) is 0 Å². The SMILES string of the molecule is C.CC(O)CC1(O)CN(C(=O)c2ccc(CS(=O)(=O)c3cccc4cccnc34)cc2)C1.CC(O)CC1(O)CNC1.FF.FF.FF.O=C(O)c1ccc(CS(=O)(=O)c2cccc3cccnc23)cc1. The molecule has 2 aromatic heterocycles. The molecule has 2 fully saturated rings. The number of β-amino-alcohol motifs (C(OH)–C–C–N with tert-alkyl or cyclic N) is 2. The summed E-state index contributed by atoms with van der Waals surface area (Å²) >= 11 is 0. The molecule has 0 saturated carbocycles. The summed E-state index contributed by atoms with van der Waals surface area (Å²) in [7, 11) is -7.21. The summed E-state index contributed by atoms with van der Waals surface area (Å²) in [5, 5.41) is 51.3. The van der Waals surface area contributed by atoms with Gasteiger partial charge >= 0.3 is 5.97 Å². The Bertz CT molecular complexity index is 2810. The van der Waals surface area contributed by atoms with E-state index in [4.69, 9.17) is 37.7 Å². The van der Waals surface area contributed by atoms with Gasteiger partial charge < -0.3 is 35.7 Å². The highest BCUT2D eigenvalue weighted by molar-refractivity contribution is 7.91. The van der Waals surface area contributed by atoms with Crippen LogP contribution in [0.1, 0.15) is 66.0 Å². The number of likely N-dealkylation sites (tertiary alicyclic amines) is 1. The van der Waals surface area contributed by atoms with Gasteiger partial charge in [0.25, 0.3) is 5.91 Å². The summed E-state index contributed by atoms with van der Waals surface area (Å²) in [6.07, 6.45) is 2.80. The van der Waals surface area contributed by atoms with Crippen LogP contribution in [0.3, 0.4) is 0 Å². The summed E-state index contributed by atoms with van der Waals surface area (Å²) in [6.45, 7) is 4.87. The number of fused-ring (bicyclic) bond motifs is 2. The molecule has 8 rings (SSSR count). The van der Waals surface area contributed by atoms with Crippen molar-refractivity contribution in [1.82, 2.24) is 20.2 Å². The maximum absolute atomic E-state index is 13.0. The van der Waals surface area contributed by atoms with Crippen molar-refractivity contribution in [3.8, 4) is 0 Å². The Morgan fingerprint density at radius 3 is 1.33 bits per heavy atom. The number of pyridine rings is 2. The van der Waals surface area contributed by atoms with Crippen molar-refractivity contribution in [2.24, 2.45) is 0 Å². The molecule has 1 amide bonds. The molecule has 2 saturated heterocycles. The van der Waals surface area contributed by atoms with E-state index in [1.807, 2.05) is 24.3 Å². The zero-order chi connectivity index (χ0) is 51.6. The number of aliphatic hydroxyl groups is 4. The number of nitrogens with zero attached hydrogens (tertiary/aromatic N) is 3. The minimum atomic E-state index is -3.62. The number of hydrogen-bond donors (Lipinski definition) is 6. The average Bonchev–Trinajstić information content (AvgIpc) is 3.31. The fourth-order valence-corrected chi connectivity index (χ4v) is 10.6. The Morgan fingerprint density at radius 2 is 0.986 bits per heavy atom. The first-order valence-corrected chi connectivity index (χ1v) is 23.8. The number of sulfone groups is 2. The molecule has 0 spiro atoms. The minimum Gasteiger partial charge on any atom is -0.478 e. The molecule has 6 N–H and O–H groups in total. The fraction of sp³-hybridized carbons (Fsp3) is 0.319. The largest absolute Gasteiger partial charge is 0.478 e. The lowest BCUT2D eigenvalue weighted by atomic mass is 9.87. The van der Waals surface area contributed by atoms with Crippen LogP contribution >= 0.6 is 0 Å². The predicted molar refractivity (Wildman–Crippen MR) is 250 cm³/mol. The van der Waals surface area contributed by atoms with Gasteiger partial charge in [0, 0.05) is 82.1 Å². The van der Waals surface area contributed by atoms with E-state index in [0.29, 0.717) is 47.2 Å². The number of carboxylic acids is 1. The van der Waals surface area contributed by atoms with Crippen molar-refractivity contribution < 1.29 is 79.4 Å². The molecule has 0 radical (unpaired) electrons. The highest BCUT2D eigenvalue weighted by Crippen LogP contribution is 2.29. The summed E-state index contributed by atoms with van der Waals surface area (Å²) in [5.74, 6) is -1.68. The Hall–Kier alpha value is -6.08. The fourth-order valence-electron chi connectivity index (χ4n) is 7.51. The van der Waals surface area contributed by atoms with Crippen molar-refractivity contribution in [3.05, 3.63) is 144 Å². The van der Waals surface area contributed by atoms with Crippen molar-refractivity contribution >= 4 is 53.4 Å². The lowest BCUT2D eigenvalue weighted by Crippen LogP contribution is -2.64. The van der Waals surface area contributed by atoms with E-state index in [1.165, 1.54) is 35.2 Å². The first-order valence-electron chi connectivity index (χ1n) is 20.5. The van der Waals surface area contributed by atoms with E-state index in [2.05, 4.69) is 15.3 Å². The van der Waals surface area contributed by atoms with Crippen LogP contribution in [-0.4, -0.2) is 119 Å². The number of halogens is 6. The van der Waals surface area contributed by atoms with E-state index in [9.17, 15) is 41.7 Å². The Balaban J connectivity index is 0.000000378. The smallest absolute Gasteiger partial charge is 0.335 e. The van der Waals surface area contributed by atoms with Gasteiger partial charge in [-0.05, 0) is 73.5 Å². The minimum absolute atomic E-state index is 0. The number of aromatic carboxylic acids is 1. The highest BCUT2D eigenvalue weighted by atomic mass is 32.2. The molecular weight excluding hydrogens is 975 g/mol. The number of benzene rings is 4. The van der Waals surface area contributed by atoms with Crippen molar-refractivity contribution in [3.63, 3.8) is 0 Å². The van der Waals surface area contributed by atoms with Gasteiger partial charge in [-0.15, -0.1) is 0 Å². The second kappa shape index (κ2) is 27.3. The zero-order valence-corrected chi connectivity index (χ0v) is 38.6. The highest BCUT2D eigenvalue weighted by Gasteiger charge is 2.44. The maximum Gasteiger partial charge on any atom is 0.335 e. The molecule has 4 heterocycles. The Labute approximate surface area is 400 Å². The molecule has 70 heavy (non-hydrogen) atoms. The second-order valence-corrected chi connectivity index (χ2v) is 20.1. The van der Waals surface area contributed by atoms with Crippen molar-refractivity contribution in [2.75, 3.05) is 26.2 Å². The second-order valence-electron chi connectivity index (χ2n) is 16.2. The number of rotatable bonds is 12. The third-order valence-electron chi connectivity index (χ3n) is 10.5. The first kappa shape index (κ1) is 60.0. The number of carbonyl (C=O) groups excluding carboxylic acids is 1. The lowest BCUT2D eigenvalue weighted by molar-refractivity contribution is -0.102. The molecule has 2 aliphatic heterocycles. The van der Waals surface area contributed by atoms with Gasteiger partial charge in [0.15, 0.2) is 19.7 Å². The van der Waals surface area contributed by atoms with Crippen LogP contribution in [0, 0.1) is 0 Å². The number of carboxylic acid groups (broad SMARTS) is 1. The molecule has 0 aliphatic carbocycles. The van der Waals surface area contributed by atoms with E-state index in [0.717, 1.165) is 10.8 Å². The van der Waals surface area contributed by atoms with Gasteiger partial charge in [-0.25, -0.2) is 21.6 Å². The molecular formula is C47H54F6N4O11S2. The van der Waals surface area contributed by atoms with Crippen LogP contribution in [-0.2, 0) is 31.2 Å². The van der Waals surface area contributed by atoms with Crippen LogP contribution in [0.5, 0.6) is 0 Å². The standard InChI is InChI=1S/C23H24N2O5S.C17H13NO4S.C6H13NO2.CH4.3F2/c1-16(26)12-23(28)14-25(15-23)22(27)19-9-7-17(8-10-19)13-31(29,30)20-6-2-4-18-5-3-11-24-21(18)20;19-17(20)14-8-6-12(7-9-14)11-23(21,22)15-5-1-3-13-4-2-10-18-16(13)15;1-5(8)2-6(9)3-7-4-6;;3*1-2/h2-11,16,26,28H,12-15H2,1H3;1-10H,11H2,(H,19,20);5,7-9H,2-4H2,1H3;1H4;;;. The van der Waals surface area contributed by atoms with Crippen molar-refractivity contribution in [1.29, 1.82) is 0 Å². The zero-order valence-electron chi connectivity index (χ0n) is 37.0. The third kappa shape index (κ3) is 16.5. The molecule has 382 valence electrons. The summed E-state index contributed by atoms with van der Waals surface area (Å²) < 4.78 is 99.3. The van der Waals surface area contributed by atoms with Crippen LogP contribution in [0.4, 0.5) is 27.4 Å². The van der Waals surface area contributed by atoms with Gasteiger partial charge in [0.1, 0.15) is 5.60 Å². The number of amides is 1. The van der Waals surface area contributed by atoms with Gasteiger partial charge in [-0.2, -0.15) is 0 Å². The predicted octanol–water partition coefficient (Wildman–Crippen LogP) is 7.32. The number of hydrogen-bond acceptors (Lipinski definition) is 13. The Kier molecular flexibility index (Phi) is 23.5. The Morgan fingerprint density at radius 1 is 0.614 bits per heavy atom. The van der Waals surface area contributed by atoms with Gasteiger partial charge in [-0.3, -0.25) is 14.8 Å². The maximum atomic E-state index is 13.0. The number of para-hydroxylation sites is 2. The summed E-state index contributed by atoms with van der Waals surface area (Å²) in [6, 6.07) is 29.5. The molecule has 0 bridgehead atoms. The van der Waals surface area contributed by atoms with E-state index in [-0.39, 0.29) is 59.7 Å². The van der Waals surface area contributed by atoms with Crippen LogP contribution < -0.4 is 5.32 Å². The monoisotopic (exact) mass is 1030 g/mol. The van der Waals surface area contributed by atoms with Gasteiger partial charge in [-0.1, -0.05) is 68.1 Å². The summed E-state index contributed by atoms with van der Waals surface area (Å²) in [5.41, 5.74) is 0.863. The first-order chi connectivity index (χ1) is 32.8. The van der Waals surface area contributed by atoms with Crippen LogP contribution in [0.25, 0.3) is 21.8 Å². The molecule has 6 aromatic rings. The summed E-state index contributed by atoms with van der Waals surface area (Å²) in [4.78, 5) is 33.7. The third-order valence-corrected chi connectivity index (χ3v) is 13.9. The molecule has 15 nitrogen and oxygen atoms in total. The topological polar surface area (TPSA) is 245 Å². The normalized spacial score (nSPS) is 14.9. The number of nitrogens with one attached hydrogen (secondary N) is 1. The van der Waals surface area contributed by atoms with E-state index < -0.39 is 49.1 Å². The van der Waals surface area contributed by atoms with E-state index >= 15 is 0 Å². The van der Waals surface area contributed by atoms with E-state index in [1.54, 1.807) is 80.8 Å². The number of carbonyl (C=O) groups is 2. The number of aromatic nitrogens is 2. The molecule has 2 atom stereocenters. The molecule has 4 aromatic carbocycles. The number of aliphatic hydroxyl groups excluding tert-OH is 2. The lowest BCUT2D eigenvalue weighted by Gasteiger charge is -2.47. The van der Waals surface area contributed by atoms with Crippen LogP contribution in [0.15, 0.2) is 131 Å². The van der Waals surface area contributed by atoms with Crippen molar-refractivity contribution in [2.45, 2.75) is 78.8 Å². The average molecular weight is 1030 g/mol. The van der Waals surface area contributed by atoms with Crippen LogP contribution in [0.2, 0.25) is 0 Å². The molecule has 2 aliphatic rings. The van der Waals surface area contributed by atoms with Gasteiger partial charge in [0.05, 0.1) is 68.8 Å². The molecule has 23 heteroatoms.